The van der Waals surface area contributed by atoms with E-state index in [0.717, 1.165) is 36.5 Å². The first kappa shape index (κ1) is 37.8. The molecule has 47 heavy (non-hydrogen) atoms. The van der Waals surface area contributed by atoms with Crippen molar-refractivity contribution in [1.29, 1.82) is 5.26 Å². The van der Waals surface area contributed by atoms with Crippen molar-refractivity contribution >= 4 is 30.1 Å². The molecule has 8 nitrogen and oxygen atoms in total. The van der Waals surface area contributed by atoms with Crippen LogP contribution in [0.2, 0.25) is 5.02 Å². The highest BCUT2D eigenvalue weighted by Crippen LogP contribution is 2.58. The monoisotopic (exact) mass is 661 g/mol. The lowest BCUT2D eigenvalue weighted by molar-refractivity contribution is -0.206. The third-order valence-electron chi connectivity index (χ3n) is 8.90. The van der Waals surface area contributed by atoms with Gasteiger partial charge in [-0.3, -0.25) is 14.5 Å². The van der Waals surface area contributed by atoms with Crippen LogP contribution in [0.5, 0.6) is 5.75 Å². The van der Waals surface area contributed by atoms with Gasteiger partial charge in [-0.15, -0.1) is 0 Å². The number of ether oxygens (including phenoxy) is 2. The minimum atomic E-state index is -0.554. The number of hydrogen-bond donors (Lipinski definition) is 1. The van der Waals surface area contributed by atoms with Crippen molar-refractivity contribution in [1.82, 2.24) is 10.2 Å². The molecule has 0 radical (unpaired) electrons. The summed E-state index contributed by atoms with van der Waals surface area (Å²) in [6.45, 7) is 15.4. The van der Waals surface area contributed by atoms with Crippen molar-refractivity contribution in [3.05, 3.63) is 63.7 Å². The van der Waals surface area contributed by atoms with Crippen LogP contribution in [0, 0.1) is 39.4 Å². The number of nitrogens with zero attached hydrogens (tertiary/aromatic N) is 2. The lowest BCUT2D eigenvalue weighted by Gasteiger charge is -2.65. The summed E-state index contributed by atoms with van der Waals surface area (Å²) in [5, 5.41) is 12.3. The molecule has 1 aliphatic carbocycles. The Bertz CT molecular complexity index is 1530. The van der Waals surface area contributed by atoms with Crippen LogP contribution < -0.4 is 10.1 Å². The fourth-order valence-electron chi connectivity index (χ4n) is 7.05. The maximum Gasteiger partial charge on any atom is 0.246 e. The van der Waals surface area contributed by atoms with Crippen molar-refractivity contribution in [3.8, 4) is 23.7 Å². The van der Waals surface area contributed by atoms with Crippen LogP contribution in [0.1, 0.15) is 94.8 Å². The molecule has 1 fully saturated rings. The van der Waals surface area contributed by atoms with Gasteiger partial charge in [-0.05, 0) is 55.1 Å². The molecular formula is C38H48ClN3O5. The molecule has 1 saturated carbocycles. The quantitative estimate of drug-likeness (QED) is 0.138. The predicted molar refractivity (Wildman–Crippen MR) is 184 cm³/mol. The van der Waals surface area contributed by atoms with E-state index in [0.29, 0.717) is 41.5 Å². The number of benzene rings is 2. The lowest BCUT2D eigenvalue weighted by Crippen LogP contribution is -2.74. The molecule has 1 amide bonds. The van der Waals surface area contributed by atoms with Gasteiger partial charge in [0.05, 0.1) is 16.6 Å². The normalized spacial score (nSPS) is 18.6. The number of hydrogen-bond acceptors (Lipinski definition) is 7. The average Bonchev–Trinajstić information content (AvgIpc) is 2.99. The number of rotatable bonds is 14. The van der Waals surface area contributed by atoms with E-state index in [1.165, 1.54) is 0 Å². The second kappa shape index (κ2) is 15.9. The van der Waals surface area contributed by atoms with Crippen LogP contribution in [-0.4, -0.2) is 61.8 Å². The van der Waals surface area contributed by atoms with E-state index in [4.69, 9.17) is 21.1 Å². The lowest BCUT2D eigenvalue weighted by atomic mass is 9.49. The number of unbranched alkanes of at least 4 members (excludes halogenated alkanes) is 2. The fourth-order valence-corrected chi connectivity index (χ4v) is 7.26. The Morgan fingerprint density at radius 2 is 1.81 bits per heavy atom. The van der Waals surface area contributed by atoms with Gasteiger partial charge < -0.3 is 19.6 Å². The molecule has 252 valence electrons. The maximum absolute atomic E-state index is 12.1. The van der Waals surface area contributed by atoms with E-state index in [2.05, 4.69) is 62.9 Å². The number of carbonyl (C=O) groups excluding carboxylic acids is 3. The van der Waals surface area contributed by atoms with Gasteiger partial charge in [0.1, 0.15) is 37.1 Å². The number of nitriles is 1. The van der Waals surface area contributed by atoms with Crippen molar-refractivity contribution in [3.63, 3.8) is 0 Å². The SMILES string of the molecule is CN(Cc1ccc(C#CCCCCOCC(=O)N[C@H](C=O)C(C)(C)C)cc1C=O)C1C(C)(C)C(Oc2ccc(C#N)c(Cl)c2)C1(C)C. The third-order valence-corrected chi connectivity index (χ3v) is 9.21. The summed E-state index contributed by atoms with van der Waals surface area (Å²) in [5.41, 5.74) is 2.01. The number of halogens is 1. The molecule has 9 heteroatoms. The van der Waals surface area contributed by atoms with E-state index in [1.54, 1.807) is 18.2 Å². The molecule has 1 N–H and O–H groups in total. The first-order valence-corrected chi connectivity index (χ1v) is 16.4. The number of carbonyl (C=O) groups is 3. The van der Waals surface area contributed by atoms with Crippen molar-refractivity contribution < 1.29 is 23.9 Å². The summed E-state index contributed by atoms with van der Waals surface area (Å²) >= 11 is 6.25. The largest absolute Gasteiger partial charge is 0.489 e. The van der Waals surface area contributed by atoms with Crippen LogP contribution in [0.3, 0.4) is 0 Å². The summed E-state index contributed by atoms with van der Waals surface area (Å²) < 4.78 is 11.9. The first-order chi connectivity index (χ1) is 22.1. The minimum absolute atomic E-state index is 0.0832. The molecule has 2 aromatic rings. The van der Waals surface area contributed by atoms with Gasteiger partial charge in [0.15, 0.2) is 0 Å². The molecular weight excluding hydrogens is 614 g/mol. The summed E-state index contributed by atoms with van der Waals surface area (Å²) in [7, 11) is 2.08. The number of nitrogens with one attached hydrogen (secondary N) is 1. The maximum atomic E-state index is 12.1. The molecule has 0 spiro atoms. The standard InChI is InChI=1S/C38H48ClN3O5/c1-36(2,3)32(24-44)41-33(45)25-46-18-12-10-9-11-13-26-14-15-28(29(19-26)23-43)22-42(8)34-37(4,5)35(38(34,6)7)47-30-17-16-27(21-40)31(39)20-30/h14-17,19-20,23-24,32,34-35H,9-10,12,18,22,25H2,1-8H3,(H,41,45)/t32-,34?,35?/m1/s1. The van der Waals surface area contributed by atoms with Crippen molar-refractivity contribution in [2.45, 2.75) is 92.5 Å². The first-order valence-electron chi connectivity index (χ1n) is 16.0. The number of aldehydes is 2. The Labute approximate surface area is 285 Å². The highest BCUT2D eigenvalue weighted by atomic mass is 35.5. The summed E-state index contributed by atoms with van der Waals surface area (Å²) in [6.07, 6.45) is 3.78. The molecule has 0 saturated heterocycles. The molecule has 2 aromatic carbocycles. The van der Waals surface area contributed by atoms with E-state index in [-0.39, 0.29) is 40.9 Å². The molecule has 0 aromatic heterocycles. The summed E-state index contributed by atoms with van der Waals surface area (Å²) in [5.74, 6) is 6.66. The Morgan fingerprint density at radius 3 is 2.40 bits per heavy atom. The Balaban J connectivity index is 1.50. The Kier molecular flexibility index (Phi) is 12.8. The second-order valence-corrected chi connectivity index (χ2v) is 15.0. The fraction of sp³-hybridized carbons (Fsp3) is 0.526. The van der Waals surface area contributed by atoms with Gasteiger partial charge in [-0.1, -0.05) is 78.0 Å². The van der Waals surface area contributed by atoms with Crippen molar-refractivity contribution in [2.24, 2.45) is 16.2 Å². The molecule has 0 aliphatic heterocycles. The highest BCUT2D eigenvalue weighted by Gasteiger charge is 2.64. The second-order valence-electron chi connectivity index (χ2n) is 14.6. The van der Waals surface area contributed by atoms with E-state index in [1.807, 2.05) is 39.0 Å². The zero-order valence-corrected chi connectivity index (χ0v) is 29.7. The van der Waals surface area contributed by atoms with Crippen LogP contribution in [0.15, 0.2) is 36.4 Å². The zero-order chi connectivity index (χ0) is 35.0. The van der Waals surface area contributed by atoms with E-state index < -0.39 is 6.04 Å². The molecule has 3 rings (SSSR count). The molecule has 1 aliphatic rings. The van der Waals surface area contributed by atoms with Gasteiger partial charge in [0.2, 0.25) is 5.91 Å². The predicted octanol–water partition coefficient (Wildman–Crippen LogP) is 6.61. The van der Waals surface area contributed by atoms with E-state index in [9.17, 15) is 19.6 Å². The summed E-state index contributed by atoms with van der Waals surface area (Å²) in [6, 6.07) is 12.6. The molecule has 0 unspecified atom stereocenters. The molecule has 0 bridgehead atoms. The van der Waals surface area contributed by atoms with Gasteiger partial charge in [0, 0.05) is 53.6 Å². The van der Waals surface area contributed by atoms with Gasteiger partial charge in [-0.25, -0.2) is 0 Å². The smallest absolute Gasteiger partial charge is 0.246 e. The van der Waals surface area contributed by atoms with E-state index >= 15 is 0 Å². The topological polar surface area (TPSA) is 109 Å². The van der Waals surface area contributed by atoms with Gasteiger partial charge >= 0.3 is 0 Å². The minimum Gasteiger partial charge on any atom is -0.489 e. The zero-order valence-electron chi connectivity index (χ0n) is 28.9. The van der Waals surface area contributed by atoms with Crippen LogP contribution >= 0.6 is 11.6 Å². The van der Waals surface area contributed by atoms with Crippen LogP contribution in [0.25, 0.3) is 0 Å². The Hall–Kier alpha value is -3.69. The van der Waals surface area contributed by atoms with Crippen molar-refractivity contribution in [2.75, 3.05) is 20.3 Å². The third kappa shape index (κ3) is 9.45. The molecule has 0 heterocycles. The van der Waals surface area contributed by atoms with Gasteiger partial charge in [-0.2, -0.15) is 5.26 Å². The Morgan fingerprint density at radius 1 is 1.11 bits per heavy atom. The summed E-state index contributed by atoms with van der Waals surface area (Å²) in [4.78, 5) is 37.6. The van der Waals surface area contributed by atoms with Crippen LogP contribution in [-0.2, 0) is 20.9 Å². The number of amides is 1. The van der Waals surface area contributed by atoms with Crippen LogP contribution in [0.4, 0.5) is 0 Å². The molecule has 1 atom stereocenters. The average molecular weight is 662 g/mol. The highest BCUT2D eigenvalue weighted by molar-refractivity contribution is 6.31. The van der Waals surface area contributed by atoms with Gasteiger partial charge in [0.25, 0.3) is 0 Å².